The molecule has 8 nitrogen and oxygen atoms in total. The van der Waals surface area contributed by atoms with Gasteiger partial charge >= 0.3 is 29.6 Å². The van der Waals surface area contributed by atoms with Gasteiger partial charge in [0.05, 0.1) is 24.2 Å². The van der Waals surface area contributed by atoms with Crippen molar-refractivity contribution < 1.29 is 67.3 Å². The maximum atomic E-state index is 12.5. The van der Waals surface area contributed by atoms with Crippen molar-refractivity contribution in [3.8, 4) is 22.6 Å². The molecule has 0 radical (unpaired) electrons. The zero-order valence-electron chi connectivity index (χ0n) is 32.0. The predicted molar refractivity (Wildman–Crippen MR) is 210 cm³/mol. The van der Waals surface area contributed by atoms with Crippen LogP contribution in [-0.2, 0) is 21.5 Å². The quantitative estimate of drug-likeness (QED) is 0.0384. The molecule has 288 valence electrons. The first-order valence-corrected chi connectivity index (χ1v) is 21.2. The molecule has 0 aliphatic carbocycles. The maximum Gasteiger partial charge on any atom is 1.00 e. The molecule has 0 heterocycles. The molecule has 4 aromatic rings. The van der Waals surface area contributed by atoms with Crippen molar-refractivity contribution in [2.24, 2.45) is 0 Å². The molecule has 0 fully saturated rings. The van der Waals surface area contributed by atoms with Gasteiger partial charge in [-0.2, -0.15) is 0 Å². The standard InChI is InChI=1S/C43H56O8S2.Na/c1-3-5-7-10-15-34(44)16-11-8-9-14-27-50-31-32-19-25-40(45)39(29-32)43(46)38-18-13-12-17-37(38)33-20-26-41(42(30-33)53(47,48)49)52-36-23-21-35(22-24-36)51-28-6-4-2;/h12-13,17-26,29-30,34,43-46H,3-11,14-16,27-28,31H2,1-2H3,(H,47,48,49);/q;+1/p-1. The number of benzene rings is 4. The first-order chi connectivity index (χ1) is 25.6. The Morgan fingerprint density at radius 1 is 0.741 bits per heavy atom. The topological polar surface area (TPSA) is 136 Å². The van der Waals surface area contributed by atoms with Crippen LogP contribution < -0.4 is 34.3 Å². The van der Waals surface area contributed by atoms with Crippen LogP contribution in [0.25, 0.3) is 11.1 Å². The van der Waals surface area contributed by atoms with E-state index < -0.39 is 16.2 Å². The van der Waals surface area contributed by atoms with E-state index in [1.165, 1.54) is 43.2 Å². The molecule has 0 amide bonds. The zero-order chi connectivity index (χ0) is 38.1. The predicted octanol–water partition coefficient (Wildman–Crippen LogP) is 7.18. The molecule has 0 saturated carbocycles. The van der Waals surface area contributed by atoms with Crippen LogP contribution in [0.3, 0.4) is 0 Å². The summed E-state index contributed by atoms with van der Waals surface area (Å²) in [6, 6.07) is 24.0. The number of unbranched alkanes of at least 4 members (excludes halogenated alkanes) is 7. The van der Waals surface area contributed by atoms with Gasteiger partial charge in [-0.05, 0) is 96.5 Å². The second kappa shape index (κ2) is 24.3. The van der Waals surface area contributed by atoms with E-state index in [9.17, 15) is 28.3 Å². The number of phenols is 1. The van der Waals surface area contributed by atoms with Gasteiger partial charge in [-0.1, -0.05) is 113 Å². The molecule has 4 rings (SSSR count). The molecule has 0 spiro atoms. The Labute approximate surface area is 348 Å². The normalized spacial score (nSPS) is 12.6. The van der Waals surface area contributed by atoms with E-state index >= 15 is 0 Å². The number of aromatic hydroxyl groups is 1. The molecule has 54 heavy (non-hydrogen) atoms. The molecule has 0 aromatic heterocycles. The third-order valence-corrected chi connectivity index (χ3v) is 11.3. The van der Waals surface area contributed by atoms with Crippen molar-refractivity contribution in [1.82, 2.24) is 0 Å². The number of hydrogen-bond donors (Lipinski definition) is 3. The Balaban J connectivity index is 0.00000784. The summed E-state index contributed by atoms with van der Waals surface area (Å²) in [5, 5.41) is 32.5. The third kappa shape index (κ3) is 14.9. The van der Waals surface area contributed by atoms with Crippen molar-refractivity contribution in [1.29, 1.82) is 0 Å². The molecule has 2 atom stereocenters. The van der Waals surface area contributed by atoms with Crippen molar-refractivity contribution >= 4 is 21.9 Å². The summed E-state index contributed by atoms with van der Waals surface area (Å²) in [6.07, 6.45) is 11.0. The minimum Gasteiger partial charge on any atom is -0.744 e. The van der Waals surface area contributed by atoms with E-state index in [-0.39, 0.29) is 51.9 Å². The van der Waals surface area contributed by atoms with Crippen molar-refractivity contribution in [2.75, 3.05) is 13.2 Å². The van der Waals surface area contributed by atoms with Gasteiger partial charge in [0.2, 0.25) is 0 Å². The minimum atomic E-state index is -4.85. The fourth-order valence-corrected chi connectivity index (χ4v) is 8.02. The molecule has 3 N–H and O–H groups in total. The number of phenolic OH excluding ortho intramolecular Hbond substituents is 1. The Bertz CT molecular complexity index is 1800. The van der Waals surface area contributed by atoms with E-state index in [4.69, 9.17) is 9.47 Å². The summed E-state index contributed by atoms with van der Waals surface area (Å²) in [7, 11) is -4.85. The van der Waals surface area contributed by atoms with Gasteiger partial charge in [0.1, 0.15) is 27.7 Å². The number of rotatable bonds is 24. The second-order valence-electron chi connectivity index (χ2n) is 13.5. The largest absolute Gasteiger partial charge is 1.00 e. The van der Waals surface area contributed by atoms with Crippen LogP contribution in [0, 0.1) is 0 Å². The average Bonchev–Trinajstić information content (AvgIpc) is 3.15. The average molecular weight is 787 g/mol. The fourth-order valence-electron chi connectivity index (χ4n) is 6.18. The fraction of sp³-hybridized carbons (Fsp3) is 0.442. The van der Waals surface area contributed by atoms with Crippen molar-refractivity contribution in [3.63, 3.8) is 0 Å². The molecule has 0 saturated heterocycles. The molecule has 0 aliphatic heterocycles. The SMILES string of the molecule is CCCCCCC(O)CCCCCCOCc1ccc(O)c(C(O)c2ccccc2-c2ccc(Sc3ccc(OCCCC)cc3)c(S(=O)(=O)[O-])c2)c1.[Na+]. The second-order valence-corrected chi connectivity index (χ2v) is 16.0. The zero-order valence-corrected chi connectivity index (χ0v) is 35.7. The Kier molecular flexibility index (Phi) is 20.7. The van der Waals surface area contributed by atoms with E-state index in [0.29, 0.717) is 41.4 Å². The van der Waals surface area contributed by atoms with Crippen LogP contribution in [-0.4, -0.2) is 47.6 Å². The molecule has 2 unspecified atom stereocenters. The monoisotopic (exact) mass is 786 g/mol. The number of hydrogen-bond acceptors (Lipinski definition) is 9. The smallest absolute Gasteiger partial charge is 0.744 e. The number of aliphatic hydroxyl groups excluding tert-OH is 2. The van der Waals surface area contributed by atoms with Gasteiger partial charge in [0.15, 0.2) is 0 Å². The van der Waals surface area contributed by atoms with Gasteiger partial charge in [0.25, 0.3) is 0 Å². The van der Waals surface area contributed by atoms with Crippen LogP contribution >= 0.6 is 11.8 Å². The van der Waals surface area contributed by atoms with Gasteiger partial charge in [-0.3, -0.25) is 0 Å². The Morgan fingerprint density at radius 3 is 2.13 bits per heavy atom. The van der Waals surface area contributed by atoms with Crippen LogP contribution in [0.15, 0.2) is 99.6 Å². The minimum absolute atomic E-state index is 0. The van der Waals surface area contributed by atoms with Gasteiger partial charge in [-0.15, -0.1) is 0 Å². The molecule has 0 bridgehead atoms. The van der Waals surface area contributed by atoms with Crippen LogP contribution in [0.2, 0.25) is 0 Å². The first-order valence-electron chi connectivity index (χ1n) is 19.0. The summed E-state index contributed by atoms with van der Waals surface area (Å²) < 4.78 is 49.2. The third-order valence-electron chi connectivity index (χ3n) is 9.22. The van der Waals surface area contributed by atoms with Gasteiger partial charge in [0, 0.05) is 22.0 Å². The first kappa shape index (κ1) is 46.0. The molecule has 11 heteroatoms. The summed E-state index contributed by atoms with van der Waals surface area (Å²) in [4.78, 5) is 0.684. The summed E-state index contributed by atoms with van der Waals surface area (Å²) in [5.74, 6) is 0.636. The van der Waals surface area contributed by atoms with Gasteiger partial charge in [-0.25, -0.2) is 8.42 Å². The van der Waals surface area contributed by atoms with Crippen LogP contribution in [0.4, 0.5) is 0 Å². The molecular formula is C43H55NaO8S2. The van der Waals surface area contributed by atoms with Crippen molar-refractivity contribution in [3.05, 3.63) is 102 Å². The summed E-state index contributed by atoms with van der Waals surface area (Å²) >= 11 is 1.17. The Morgan fingerprint density at radius 2 is 1.43 bits per heavy atom. The van der Waals surface area contributed by atoms with Gasteiger partial charge < -0.3 is 29.3 Å². The van der Waals surface area contributed by atoms with Crippen molar-refractivity contribution in [2.45, 2.75) is 124 Å². The molecule has 0 aliphatic rings. The molecular weight excluding hydrogens is 732 g/mol. The maximum absolute atomic E-state index is 12.5. The Hall–Kier alpha value is -2.38. The molecule has 4 aromatic carbocycles. The van der Waals surface area contributed by atoms with E-state index in [1.807, 2.05) is 24.3 Å². The van der Waals surface area contributed by atoms with E-state index in [2.05, 4.69) is 13.8 Å². The van der Waals surface area contributed by atoms with Crippen LogP contribution in [0.1, 0.15) is 114 Å². The van der Waals surface area contributed by atoms with E-state index in [0.717, 1.165) is 74.0 Å². The number of aliphatic hydroxyl groups is 2. The van der Waals surface area contributed by atoms with Crippen LogP contribution in [0.5, 0.6) is 11.5 Å². The van der Waals surface area contributed by atoms with E-state index in [1.54, 1.807) is 48.5 Å². The number of ether oxygens (including phenoxy) is 2. The summed E-state index contributed by atoms with van der Waals surface area (Å²) in [5.41, 5.74) is 2.50. The summed E-state index contributed by atoms with van der Waals surface area (Å²) in [6.45, 7) is 5.80.